The molecule has 1 aromatic heterocycles. The van der Waals surface area contributed by atoms with Crippen molar-refractivity contribution in [3.05, 3.63) is 20.8 Å². The minimum atomic E-state index is 0.743. The SMILES string of the molecule is CC(C)C1CN2CCCC2CN1CCc1ccc(Br)s1. The molecule has 2 saturated heterocycles. The molecule has 3 heterocycles. The standard InChI is InChI=1S/C16H25BrN2S/c1-12(2)15-11-18-8-3-4-13(18)10-19(15)9-7-14-5-6-16(17)20-14/h5-6,12-13,15H,3-4,7-11H2,1-2H3. The van der Waals surface area contributed by atoms with Crippen molar-refractivity contribution >= 4 is 27.3 Å². The van der Waals surface area contributed by atoms with Gasteiger partial charge in [-0.1, -0.05) is 13.8 Å². The molecule has 2 aliphatic heterocycles. The van der Waals surface area contributed by atoms with Gasteiger partial charge in [-0.05, 0) is 59.8 Å². The van der Waals surface area contributed by atoms with Crippen molar-refractivity contribution in [3.8, 4) is 0 Å². The number of thiophene rings is 1. The molecule has 0 saturated carbocycles. The molecule has 0 N–H and O–H groups in total. The summed E-state index contributed by atoms with van der Waals surface area (Å²) in [7, 11) is 0. The zero-order valence-electron chi connectivity index (χ0n) is 12.5. The molecule has 1 aromatic rings. The van der Waals surface area contributed by atoms with E-state index < -0.39 is 0 Å². The third kappa shape index (κ3) is 3.29. The monoisotopic (exact) mass is 356 g/mol. The Hall–Kier alpha value is 0.1000. The van der Waals surface area contributed by atoms with Crippen molar-refractivity contribution < 1.29 is 0 Å². The van der Waals surface area contributed by atoms with Gasteiger partial charge in [-0.3, -0.25) is 9.80 Å². The van der Waals surface area contributed by atoms with E-state index in [-0.39, 0.29) is 0 Å². The topological polar surface area (TPSA) is 6.48 Å². The van der Waals surface area contributed by atoms with Gasteiger partial charge in [0.15, 0.2) is 0 Å². The van der Waals surface area contributed by atoms with Crippen molar-refractivity contribution in [1.82, 2.24) is 9.80 Å². The zero-order chi connectivity index (χ0) is 14.1. The largest absolute Gasteiger partial charge is 0.298 e. The number of rotatable bonds is 4. The Kier molecular flexibility index (Phi) is 4.86. The lowest BCUT2D eigenvalue weighted by Crippen LogP contribution is -2.58. The van der Waals surface area contributed by atoms with E-state index in [4.69, 9.17) is 0 Å². The predicted octanol–water partition coefficient (Wildman–Crippen LogP) is 3.86. The van der Waals surface area contributed by atoms with E-state index in [9.17, 15) is 0 Å². The van der Waals surface area contributed by atoms with Crippen LogP contribution in [0.4, 0.5) is 0 Å². The molecule has 0 amide bonds. The highest BCUT2D eigenvalue weighted by Gasteiger charge is 2.36. The molecule has 2 nitrogen and oxygen atoms in total. The van der Waals surface area contributed by atoms with Crippen LogP contribution in [0.3, 0.4) is 0 Å². The summed E-state index contributed by atoms with van der Waals surface area (Å²) in [6.07, 6.45) is 4.01. The van der Waals surface area contributed by atoms with E-state index in [2.05, 4.69) is 51.7 Å². The number of halogens is 1. The first-order valence-electron chi connectivity index (χ1n) is 7.86. The van der Waals surface area contributed by atoms with Gasteiger partial charge in [0.25, 0.3) is 0 Å². The molecule has 3 rings (SSSR count). The third-order valence-electron chi connectivity index (χ3n) is 4.88. The fraction of sp³-hybridized carbons (Fsp3) is 0.750. The molecule has 0 radical (unpaired) electrons. The summed E-state index contributed by atoms with van der Waals surface area (Å²) >= 11 is 5.45. The summed E-state index contributed by atoms with van der Waals surface area (Å²) in [6, 6.07) is 6.02. The summed E-state index contributed by atoms with van der Waals surface area (Å²) in [6.45, 7) is 9.90. The van der Waals surface area contributed by atoms with Gasteiger partial charge in [0.05, 0.1) is 3.79 Å². The highest BCUT2D eigenvalue weighted by atomic mass is 79.9. The van der Waals surface area contributed by atoms with Crippen molar-refractivity contribution in [3.63, 3.8) is 0 Å². The summed E-state index contributed by atoms with van der Waals surface area (Å²) in [5.74, 6) is 0.756. The van der Waals surface area contributed by atoms with Crippen molar-refractivity contribution in [2.75, 3.05) is 26.2 Å². The number of hydrogen-bond donors (Lipinski definition) is 0. The van der Waals surface area contributed by atoms with Crippen molar-refractivity contribution in [1.29, 1.82) is 0 Å². The van der Waals surface area contributed by atoms with Gasteiger partial charge in [-0.15, -0.1) is 11.3 Å². The van der Waals surface area contributed by atoms with Crippen LogP contribution in [0.5, 0.6) is 0 Å². The second kappa shape index (κ2) is 6.47. The van der Waals surface area contributed by atoms with E-state index in [1.54, 1.807) is 0 Å². The molecular weight excluding hydrogens is 332 g/mol. The fourth-order valence-corrected chi connectivity index (χ4v) is 5.21. The average molecular weight is 357 g/mol. The molecule has 2 atom stereocenters. The van der Waals surface area contributed by atoms with Crippen LogP contribution in [0.25, 0.3) is 0 Å². The number of piperazine rings is 1. The van der Waals surface area contributed by atoms with Gasteiger partial charge in [-0.2, -0.15) is 0 Å². The van der Waals surface area contributed by atoms with E-state index in [0.717, 1.165) is 18.0 Å². The minimum Gasteiger partial charge on any atom is -0.298 e. The third-order valence-corrected chi connectivity index (χ3v) is 6.56. The van der Waals surface area contributed by atoms with Crippen LogP contribution in [0.1, 0.15) is 31.6 Å². The lowest BCUT2D eigenvalue weighted by Gasteiger charge is -2.45. The van der Waals surface area contributed by atoms with Gasteiger partial charge in [0.2, 0.25) is 0 Å². The van der Waals surface area contributed by atoms with E-state index in [0.29, 0.717) is 0 Å². The minimum absolute atomic E-state index is 0.743. The molecule has 2 unspecified atom stereocenters. The number of hydrogen-bond acceptors (Lipinski definition) is 3. The lowest BCUT2D eigenvalue weighted by molar-refractivity contribution is 0.0303. The summed E-state index contributed by atoms with van der Waals surface area (Å²) in [4.78, 5) is 7.02. The molecule has 2 aliphatic rings. The van der Waals surface area contributed by atoms with Crippen LogP contribution in [0.15, 0.2) is 15.9 Å². The Bertz CT molecular complexity index is 445. The highest BCUT2D eigenvalue weighted by molar-refractivity contribution is 9.11. The Morgan fingerprint density at radius 3 is 2.90 bits per heavy atom. The van der Waals surface area contributed by atoms with Gasteiger partial charge < -0.3 is 0 Å². The Labute approximate surface area is 135 Å². The van der Waals surface area contributed by atoms with Crippen LogP contribution >= 0.6 is 27.3 Å². The molecule has 0 aliphatic carbocycles. The maximum Gasteiger partial charge on any atom is 0.0701 e. The maximum atomic E-state index is 3.57. The van der Waals surface area contributed by atoms with E-state index >= 15 is 0 Å². The molecule has 4 heteroatoms. The summed E-state index contributed by atoms with van der Waals surface area (Å²) < 4.78 is 1.26. The van der Waals surface area contributed by atoms with Crippen LogP contribution in [-0.2, 0) is 6.42 Å². The second-order valence-corrected chi connectivity index (χ2v) is 9.10. The average Bonchev–Trinajstić information content (AvgIpc) is 3.03. The number of fused-ring (bicyclic) bond motifs is 1. The molecular formula is C16H25BrN2S. The van der Waals surface area contributed by atoms with Crippen LogP contribution in [0, 0.1) is 5.92 Å². The predicted molar refractivity (Wildman–Crippen MR) is 90.5 cm³/mol. The molecule has 0 aromatic carbocycles. The van der Waals surface area contributed by atoms with Gasteiger partial charge >= 0.3 is 0 Å². The van der Waals surface area contributed by atoms with Gasteiger partial charge in [0.1, 0.15) is 0 Å². The first-order chi connectivity index (χ1) is 9.63. The Morgan fingerprint density at radius 1 is 1.35 bits per heavy atom. The van der Waals surface area contributed by atoms with Crippen LogP contribution in [-0.4, -0.2) is 48.1 Å². The van der Waals surface area contributed by atoms with Crippen LogP contribution < -0.4 is 0 Å². The summed E-state index contributed by atoms with van der Waals surface area (Å²) in [5, 5.41) is 0. The van der Waals surface area contributed by atoms with Gasteiger partial charge in [0, 0.05) is 36.6 Å². The zero-order valence-corrected chi connectivity index (χ0v) is 14.9. The number of nitrogens with zero attached hydrogens (tertiary/aromatic N) is 2. The van der Waals surface area contributed by atoms with Crippen molar-refractivity contribution in [2.24, 2.45) is 5.92 Å². The Balaban J connectivity index is 1.62. The normalized spacial score (nSPS) is 28.2. The molecule has 20 heavy (non-hydrogen) atoms. The summed E-state index contributed by atoms with van der Waals surface area (Å²) in [5.41, 5.74) is 0. The van der Waals surface area contributed by atoms with E-state index in [1.165, 1.54) is 54.1 Å². The van der Waals surface area contributed by atoms with E-state index in [1.807, 2.05) is 11.3 Å². The Morgan fingerprint density at radius 2 is 2.20 bits per heavy atom. The highest BCUT2D eigenvalue weighted by Crippen LogP contribution is 2.28. The molecule has 0 bridgehead atoms. The van der Waals surface area contributed by atoms with Gasteiger partial charge in [-0.25, -0.2) is 0 Å². The second-order valence-electron chi connectivity index (χ2n) is 6.55. The van der Waals surface area contributed by atoms with Crippen molar-refractivity contribution in [2.45, 2.75) is 45.2 Å². The fourth-order valence-electron chi connectivity index (χ4n) is 3.73. The first-order valence-corrected chi connectivity index (χ1v) is 9.47. The first kappa shape index (κ1) is 15.0. The smallest absolute Gasteiger partial charge is 0.0701 e. The van der Waals surface area contributed by atoms with Crippen LogP contribution in [0.2, 0.25) is 0 Å². The maximum absolute atomic E-state index is 3.57. The molecule has 0 spiro atoms. The molecule has 112 valence electrons. The molecule has 2 fully saturated rings. The lowest BCUT2D eigenvalue weighted by atomic mass is 9.97. The quantitative estimate of drug-likeness (QED) is 0.808.